The van der Waals surface area contributed by atoms with Gasteiger partial charge in [-0.25, -0.2) is 0 Å². The fourth-order valence-corrected chi connectivity index (χ4v) is 2.30. The zero-order valence-corrected chi connectivity index (χ0v) is 10.7. The molecule has 16 heavy (non-hydrogen) atoms. The molecule has 1 aliphatic rings. The second kappa shape index (κ2) is 5.01. The second-order valence-corrected chi connectivity index (χ2v) is 5.58. The van der Waals surface area contributed by atoms with E-state index in [0.29, 0.717) is 0 Å². The molecule has 0 aliphatic heterocycles. The lowest BCUT2D eigenvalue weighted by atomic mass is 9.75. The van der Waals surface area contributed by atoms with Crippen molar-refractivity contribution in [3.8, 4) is 0 Å². The molecule has 0 spiro atoms. The van der Waals surface area contributed by atoms with Gasteiger partial charge in [0.25, 0.3) is 0 Å². The van der Waals surface area contributed by atoms with Gasteiger partial charge in [-0.15, -0.1) is 0 Å². The number of benzene rings is 1. The van der Waals surface area contributed by atoms with Crippen molar-refractivity contribution in [2.75, 3.05) is 6.54 Å². The molecule has 0 bridgehead atoms. The monoisotopic (exact) mass is 217 g/mol. The summed E-state index contributed by atoms with van der Waals surface area (Å²) in [5.41, 5.74) is 2.88. The molecule has 0 atom stereocenters. The van der Waals surface area contributed by atoms with Crippen LogP contribution in [0.2, 0.25) is 0 Å². The predicted octanol–water partition coefficient (Wildman–Crippen LogP) is 3.49. The molecular weight excluding hydrogens is 194 g/mol. The summed E-state index contributed by atoms with van der Waals surface area (Å²) in [7, 11) is 0. The Bertz CT molecular complexity index is 320. The lowest BCUT2D eigenvalue weighted by Gasteiger charge is -2.37. The predicted molar refractivity (Wildman–Crippen MR) is 69.8 cm³/mol. The highest BCUT2D eigenvalue weighted by Gasteiger charge is 2.29. The Morgan fingerprint density at radius 2 is 1.81 bits per heavy atom. The molecule has 1 aliphatic carbocycles. The van der Waals surface area contributed by atoms with E-state index in [-0.39, 0.29) is 0 Å². The molecule has 1 N–H and O–H groups in total. The average Bonchev–Trinajstić information content (AvgIpc) is 2.18. The number of hydrogen-bond acceptors (Lipinski definition) is 1. The minimum atomic E-state index is 0.758. The van der Waals surface area contributed by atoms with E-state index in [1.54, 1.807) is 0 Å². The van der Waals surface area contributed by atoms with Crippen molar-refractivity contribution in [1.82, 2.24) is 5.32 Å². The standard InChI is InChI=1S/C15H23N/c1-11(2)10-16-15-8-14(9-15)13-6-4-12(3)5-7-13/h4-7,11,14-16H,8-10H2,1-3H3. The van der Waals surface area contributed by atoms with Gasteiger partial charge in [0.1, 0.15) is 0 Å². The molecule has 0 unspecified atom stereocenters. The third-order valence-corrected chi connectivity index (χ3v) is 3.50. The van der Waals surface area contributed by atoms with Crippen LogP contribution in [0.3, 0.4) is 0 Å². The lowest BCUT2D eigenvalue weighted by Crippen LogP contribution is -2.41. The van der Waals surface area contributed by atoms with E-state index in [0.717, 1.165) is 24.4 Å². The summed E-state index contributed by atoms with van der Waals surface area (Å²) in [4.78, 5) is 0. The number of hydrogen-bond donors (Lipinski definition) is 1. The van der Waals surface area contributed by atoms with E-state index < -0.39 is 0 Å². The first kappa shape index (κ1) is 11.7. The molecule has 0 heterocycles. The molecule has 1 aromatic rings. The molecule has 1 heteroatoms. The lowest BCUT2D eigenvalue weighted by molar-refractivity contribution is 0.282. The SMILES string of the molecule is Cc1ccc(C2CC(NCC(C)C)C2)cc1. The van der Waals surface area contributed by atoms with Crippen LogP contribution in [0.5, 0.6) is 0 Å². The summed E-state index contributed by atoms with van der Waals surface area (Å²) < 4.78 is 0. The molecule has 0 saturated heterocycles. The summed E-state index contributed by atoms with van der Waals surface area (Å²) in [5, 5.41) is 3.63. The Kier molecular flexibility index (Phi) is 3.65. The van der Waals surface area contributed by atoms with Gasteiger partial charge in [0.05, 0.1) is 0 Å². The highest BCUT2D eigenvalue weighted by Crippen LogP contribution is 2.36. The maximum atomic E-state index is 3.63. The van der Waals surface area contributed by atoms with Crippen LogP contribution < -0.4 is 5.32 Å². The van der Waals surface area contributed by atoms with Crippen molar-refractivity contribution >= 4 is 0 Å². The first-order valence-corrected chi connectivity index (χ1v) is 6.45. The summed E-state index contributed by atoms with van der Waals surface area (Å²) in [6.45, 7) is 7.84. The Morgan fingerprint density at radius 3 is 2.38 bits per heavy atom. The third-order valence-electron chi connectivity index (χ3n) is 3.50. The van der Waals surface area contributed by atoms with Crippen LogP contribution >= 0.6 is 0 Å². The van der Waals surface area contributed by atoms with E-state index in [4.69, 9.17) is 0 Å². The van der Waals surface area contributed by atoms with Gasteiger partial charge in [0.15, 0.2) is 0 Å². The van der Waals surface area contributed by atoms with Crippen LogP contribution in [-0.2, 0) is 0 Å². The van der Waals surface area contributed by atoms with Crippen LogP contribution in [0.1, 0.15) is 43.7 Å². The van der Waals surface area contributed by atoms with Crippen LogP contribution in [0.15, 0.2) is 24.3 Å². The normalized spacial score (nSPS) is 24.5. The Balaban J connectivity index is 1.77. The molecular formula is C15H23N. The van der Waals surface area contributed by atoms with Gasteiger partial charge < -0.3 is 5.32 Å². The zero-order chi connectivity index (χ0) is 11.5. The van der Waals surface area contributed by atoms with Crippen LogP contribution in [0, 0.1) is 12.8 Å². The van der Waals surface area contributed by atoms with Gasteiger partial charge in [0, 0.05) is 6.04 Å². The van der Waals surface area contributed by atoms with Crippen LogP contribution in [-0.4, -0.2) is 12.6 Å². The van der Waals surface area contributed by atoms with Crippen molar-refractivity contribution in [1.29, 1.82) is 0 Å². The number of nitrogens with one attached hydrogen (secondary N) is 1. The number of rotatable bonds is 4. The van der Waals surface area contributed by atoms with Gasteiger partial charge in [-0.1, -0.05) is 43.7 Å². The quantitative estimate of drug-likeness (QED) is 0.814. The summed E-state index contributed by atoms with van der Waals surface area (Å²) in [6, 6.07) is 9.79. The van der Waals surface area contributed by atoms with E-state index in [1.807, 2.05) is 0 Å². The minimum absolute atomic E-state index is 0.758. The Labute approximate surface area is 99.3 Å². The second-order valence-electron chi connectivity index (χ2n) is 5.58. The van der Waals surface area contributed by atoms with Crippen molar-refractivity contribution < 1.29 is 0 Å². The molecule has 0 aromatic heterocycles. The first-order chi connectivity index (χ1) is 7.65. The largest absolute Gasteiger partial charge is 0.314 e. The number of aryl methyl sites for hydroxylation is 1. The van der Waals surface area contributed by atoms with E-state index in [9.17, 15) is 0 Å². The summed E-state index contributed by atoms with van der Waals surface area (Å²) in [5.74, 6) is 1.56. The molecule has 1 fully saturated rings. The van der Waals surface area contributed by atoms with Gasteiger partial charge in [0.2, 0.25) is 0 Å². The van der Waals surface area contributed by atoms with Gasteiger partial charge in [-0.2, -0.15) is 0 Å². The van der Waals surface area contributed by atoms with Crippen molar-refractivity contribution in [3.05, 3.63) is 35.4 Å². The smallest absolute Gasteiger partial charge is 0.00788 e. The molecule has 2 rings (SSSR count). The molecule has 1 nitrogen and oxygen atoms in total. The Hall–Kier alpha value is -0.820. The molecule has 0 amide bonds. The van der Waals surface area contributed by atoms with E-state index in [2.05, 4.69) is 50.4 Å². The topological polar surface area (TPSA) is 12.0 Å². The van der Waals surface area contributed by atoms with Crippen molar-refractivity contribution in [2.24, 2.45) is 5.92 Å². The summed E-state index contributed by atoms with van der Waals surface area (Å²) in [6.07, 6.45) is 2.63. The van der Waals surface area contributed by atoms with Crippen LogP contribution in [0.4, 0.5) is 0 Å². The molecule has 88 valence electrons. The highest BCUT2D eigenvalue weighted by atomic mass is 14.9. The van der Waals surface area contributed by atoms with E-state index in [1.165, 1.54) is 24.0 Å². The summed E-state index contributed by atoms with van der Waals surface area (Å²) >= 11 is 0. The molecule has 1 aromatic carbocycles. The molecule has 1 saturated carbocycles. The fourth-order valence-electron chi connectivity index (χ4n) is 2.30. The van der Waals surface area contributed by atoms with Gasteiger partial charge in [-0.3, -0.25) is 0 Å². The van der Waals surface area contributed by atoms with Crippen molar-refractivity contribution in [2.45, 2.75) is 45.6 Å². The van der Waals surface area contributed by atoms with Crippen molar-refractivity contribution in [3.63, 3.8) is 0 Å². The zero-order valence-electron chi connectivity index (χ0n) is 10.7. The molecule has 0 radical (unpaired) electrons. The maximum absolute atomic E-state index is 3.63. The Morgan fingerprint density at radius 1 is 1.19 bits per heavy atom. The van der Waals surface area contributed by atoms with Gasteiger partial charge >= 0.3 is 0 Å². The van der Waals surface area contributed by atoms with Gasteiger partial charge in [-0.05, 0) is 43.7 Å². The maximum Gasteiger partial charge on any atom is 0.00788 e. The van der Waals surface area contributed by atoms with Crippen LogP contribution in [0.25, 0.3) is 0 Å². The fraction of sp³-hybridized carbons (Fsp3) is 0.600. The third kappa shape index (κ3) is 2.85. The minimum Gasteiger partial charge on any atom is -0.314 e. The first-order valence-electron chi connectivity index (χ1n) is 6.45. The highest BCUT2D eigenvalue weighted by molar-refractivity contribution is 5.26. The average molecular weight is 217 g/mol. The van der Waals surface area contributed by atoms with E-state index >= 15 is 0 Å².